The quantitative estimate of drug-likeness (QED) is 0.843. The van der Waals surface area contributed by atoms with Gasteiger partial charge in [0, 0.05) is 16.1 Å². The molecule has 0 unspecified atom stereocenters. The molecule has 0 aliphatic carbocycles. The third-order valence-electron chi connectivity index (χ3n) is 3.42. The number of furan rings is 1. The summed E-state index contributed by atoms with van der Waals surface area (Å²) in [6.45, 7) is 7.30. The van der Waals surface area contributed by atoms with Crippen molar-refractivity contribution in [3.8, 4) is 11.3 Å². The van der Waals surface area contributed by atoms with Gasteiger partial charge in [0.1, 0.15) is 11.5 Å². The van der Waals surface area contributed by atoms with Crippen LogP contribution >= 0.6 is 11.6 Å². The van der Waals surface area contributed by atoms with Crippen LogP contribution in [0.1, 0.15) is 33.0 Å². The molecule has 0 fully saturated rings. The second-order valence-electron chi connectivity index (χ2n) is 5.36. The summed E-state index contributed by atoms with van der Waals surface area (Å²) in [7, 11) is 0. The molecule has 0 saturated heterocycles. The van der Waals surface area contributed by atoms with Crippen molar-refractivity contribution in [3.63, 3.8) is 0 Å². The Morgan fingerprint density at radius 2 is 1.79 bits per heavy atom. The average Bonchev–Trinajstić information content (AvgIpc) is 2.86. The molecule has 2 nitrogen and oxygen atoms in total. The van der Waals surface area contributed by atoms with Gasteiger partial charge in [-0.1, -0.05) is 18.5 Å². The highest BCUT2D eigenvalue weighted by atomic mass is 35.5. The van der Waals surface area contributed by atoms with Crippen LogP contribution in [0.4, 0.5) is 0 Å². The van der Waals surface area contributed by atoms with Gasteiger partial charge in [0.15, 0.2) is 0 Å². The first-order valence-electron chi connectivity index (χ1n) is 6.60. The maximum Gasteiger partial charge on any atom is 0.134 e. The molecule has 0 aliphatic rings. The van der Waals surface area contributed by atoms with E-state index in [1.54, 1.807) is 0 Å². The zero-order valence-corrected chi connectivity index (χ0v) is 12.4. The van der Waals surface area contributed by atoms with Crippen LogP contribution in [-0.4, -0.2) is 5.54 Å². The van der Waals surface area contributed by atoms with Crippen LogP contribution in [0.5, 0.6) is 0 Å². The number of halogens is 1. The zero-order chi connectivity index (χ0) is 13.9. The second-order valence-corrected chi connectivity index (χ2v) is 5.80. The van der Waals surface area contributed by atoms with Crippen LogP contribution in [-0.2, 0) is 6.54 Å². The van der Waals surface area contributed by atoms with Crippen molar-refractivity contribution in [1.82, 2.24) is 5.32 Å². The predicted octanol–water partition coefficient (Wildman–Crippen LogP) is 4.88. The minimum atomic E-state index is 0.132. The Kier molecular flexibility index (Phi) is 4.33. The number of rotatable bonds is 5. The lowest BCUT2D eigenvalue weighted by Gasteiger charge is -2.23. The summed E-state index contributed by atoms with van der Waals surface area (Å²) in [5.74, 6) is 1.83. The van der Waals surface area contributed by atoms with Crippen molar-refractivity contribution < 1.29 is 4.42 Å². The summed E-state index contributed by atoms with van der Waals surface area (Å²) < 4.78 is 5.84. The van der Waals surface area contributed by atoms with Crippen LogP contribution < -0.4 is 5.32 Å². The van der Waals surface area contributed by atoms with Crippen molar-refractivity contribution >= 4 is 11.6 Å². The molecule has 0 saturated carbocycles. The summed E-state index contributed by atoms with van der Waals surface area (Å²) in [6.07, 6.45) is 1.08. The molecule has 2 aromatic rings. The highest BCUT2D eigenvalue weighted by Crippen LogP contribution is 2.24. The molecule has 0 aliphatic heterocycles. The van der Waals surface area contributed by atoms with Gasteiger partial charge in [0.2, 0.25) is 0 Å². The van der Waals surface area contributed by atoms with Crippen LogP contribution in [0.2, 0.25) is 5.02 Å². The SMILES string of the molecule is CCC(C)(C)NCc1ccc(-c2ccc(Cl)cc2)o1. The molecule has 0 radical (unpaired) electrons. The topological polar surface area (TPSA) is 25.2 Å². The Balaban J connectivity index is 2.05. The van der Waals surface area contributed by atoms with E-state index in [4.69, 9.17) is 16.0 Å². The number of hydrogen-bond donors (Lipinski definition) is 1. The van der Waals surface area contributed by atoms with Crippen LogP contribution in [0.15, 0.2) is 40.8 Å². The van der Waals surface area contributed by atoms with Gasteiger partial charge in [0.05, 0.1) is 6.54 Å². The molecular formula is C16H20ClNO. The Bertz CT molecular complexity index is 528. The van der Waals surface area contributed by atoms with Gasteiger partial charge in [-0.3, -0.25) is 0 Å². The van der Waals surface area contributed by atoms with Crippen LogP contribution in [0.3, 0.4) is 0 Å². The van der Waals surface area contributed by atoms with Crippen molar-refractivity contribution in [1.29, 1.82) is 0 Å². The molecule has 19 heavy (non-hydrogen) atoms. The Morgan fingerprint density at radius 3 is 2.42 bits per heavy atom. The van der Waals surface area contributed by atoms with Crippen molar-refractivity contribution in [2.24, 2.45) is 0 Å². The monoisotopic (exact) mass is 277 g/mol. The normalized spacial score (nSPS) is 11.8. The summed E-state index contributed by atoms with van der Waals surface area (Å²) >= 11 is 5.88. The third-order valence-corrected chi connectivity index (χ3v) is 3.67. The minimum absolute atomic E-state index is 0.132. The first-order chi connectivity index (χ1) is 9.00. The van der Waals surface area contributed by atoms with E-state index in [2.05, 4.69) is 26.1 Å². The summed E-state index contributed by atoms with van der Waals surface area (Å²) in [5.41, 5.74) is 1.18. The number of benzene rings is 1. The van der Waals surface area contributed by atoms with Gasteiger partial charge >= 0.3 is 0 Å². The minimum Gasteiger partial charge on any atom is -0.460 e. The molecule has 3 heteroatoms. The van der Waals surface area contributed by atoms with Gasteiger partial charge in [-0.05, 0) is 56.7 Å². The maximum atomic E-state index is 5.88. The van der Waals surface area contributed by atoms with E-state index in [1.807, 2.05) is 36.4 Å². The number of nitrogens with one attached hydrogen (secondary N) is 1. The molecule has 0 spiro atoms. The lowest BCUT2D eigenvalue weighted by atomic mass is 10.0. The molecule has 0 atom stereocenters. The molecule has 0 bridgehead atoms. The first-order valence-corrected chi connectivity index (χ1v) is 6.98. The molecule has 1 N–H and O–H groups in total. The van der Waals surface area contributed by atoms with E-state index < -0.39 is 0 Å². The highest BCUT2D eigenvalue weighted by Gasteiger charge is 2.14. The van der Waals surface area contributed by atoms with Crippen molar-refractivity contribution in [2.75, 3.05) is 0 Å². The van der Waals surface area contributed by atoms with Gasteiger partial charge in [-0.25, -0.2) is 0 Å². The Morgan fingerprint density at radius 1 is 1.11 bits per heavy atom. The smallest absolute Gasteiger partial charge is 0.134 e. The van der Waals surface area contributed by atoms with Crippen LogP contribution in [0, 0.1) is 0 Å². The standard InChI is InChI=1S/C16H20ClNO/c1-4-16(2,3)18-11-14-9-10-15(19-14)12-5-7-13(17)8-6-12/h5-10,18H,4,11H2,1-3H3. The van der Waals surface area contributed by atoms with Gasteiger partial charge in [0.25, 0.3) is 0 Å². The predicted molar refractivity (Wildman–Crippen MR) is 80.4 cm³/mol. The van der Waals surface area contributed by atoms with E-state index in [-0.39, 0.29) is 5.54 Å². The molecule has 102 valence electrons. The van der Waals surface area contributed by atoms with E-state index in [1.165, 1.54) is 0 Å². The van der Waals surface area contributed by atoms with Gasteiger partial charge < -0.3 is 9.73 Å². The van der Waals surface area contributed by atoms with E-state index in [0.29, 0.717) is 0 Å². The van der Waals surface area contributed by atoms with Gasteiger partial charge in [-0.2, -0.15) is 0 Å². The largest absolute Gasteiger partial charge is 0.460 e. The maximum absolute atomic E-state index is 5.88. The lowest BCUT2D eigenvalue weighted by molar-refractivity contribution is 0.353. The fourth-order valence-electron chi connectivity index (χ4n) is 1.69. The molecule has 0 amide bonds. The molecule has 1 heterocycles. The third kappa shape index (κ3) is 3.85. The van der Waals surface area contributed by atoms with E-state index in [0.717, 1.165) is 35.1 Å². The second kappa shape index (κ2) is 5.81. The number of hydrogen-bond acceptors (Lipinski definition) is 2. The Hall–Kier alpha value is -1.25. The summed E-state index contributed by atoms with van der Waals surface area (Å²) in [5, 5.41) is 4.22. The lowest BCUT2D eigenvalue weighted by Crippen LogP contribution is -2.37. The first kappa shape index (κ1) is 14.2. The van der Waals surface area contributed by atoms with E-state index in [9.17, 15) is 0 Å². The molecule has 1 aromatic heterocycles. The van der Waals surface area contributed by atoms with E-state index >= 15 is 0 Å². The van der Waals surface area contributed by atoms with Gasteiger partial charge in [-0.15, -0.1) is 0 Å². The highest BCUT2D eigenvalue weighted by molar-refractivity contribution is 6.30. The molecular weight excluding hydrogens is 258 g/mol. The average molecular weight is 278 g/mol. The fraction of sp³-hybridized carbons (Fsp3) is 0.375. The fourth-order valence-corrected chi connectivity index (χ4v) is 1.82. The van der Waals surface area contributed by atoms with Crippen LogP contribution in [0.25, 0.3) is 11.3 Å². The Labute approximate surface area is 119 Å². The van der Waals surface area contributed by atoms with Crippen molar-refractivity contribution in [2.45, 2.75) is 39.3 Å². The molecule has 1 aromatic carbocycles. The zero-order valence-electron chi connectivity index (χ0n) is 11.7. The summed E-state index contributed by atoms with van der Waals surface area (Å²) in [6, 6.07) is 11.7. The summed E-state index contributed by atoms with van der Waals surface area (Å²) in [4.78, 5) is 0. The van der Waals surface area contributed by atoms with Crippen molar-refractivity contribution in [3.05, 3.63) is 47.2 Å². The molecule has 2 rings (SSSR count).